The Morgan fingerprint density at radius 2 is 1.79 bits per heavy atom. The van der Waals surface area contributed by atoms with Crippen LogP contribution in [-0.4, -0.2) is 66.9 Å². The quantitative estimate of drug-likeness (QED) is 0.580. The van der Waals surface area contributed by atoms with Gasteiger partial charge >= 0.3 is 5.97 Å². The number of piperazine rings is 1. The molecule has 0 bridgehead atoms. The molecule has 1 aromatic carbocycles. The van der Waals surface area contributed by atoms with Crippen LogP contribution in [0.3, 0.4) is 0 Å². The van der Waals surface area contributed by atoms with Crippen molar-refractivity contribution in [2.24, 2.45) is 0 Å². The van der Waals surface area contributed by atoms with E-state index in [1.54, 1.807) is 20.8 Å². The Morgan fingerprint density at radius 1 is 1.12 bits per heavy atom. The molecule has 7 nitrogen and oxygen atoms in total. The van der Waals surface area contributed by atoms with Gasteiger partial charge in [0.1, 0.15) is 6.54 Å². The van der Waals surface area contributed by atoms with E-state index >= 15 is 0 Å². The Morgan fingerprint density at radius 3 is 2.46 bits per heavy atom. The number of benzene rings is 1. The standard InChI is InChI=1S/C17H21N3O4/c1-12-3-4-15-14(9-12)20(11-17(23)24-15)10-16(22)19-7-5-18(6-8-19)13(2)21/h3-4,9H,5-8,10-11H2,1-2H3. The Bertz CT molecular complexity index is 680. The lowest BCUT2D eigenvalue weighted by Gasteiger charge is -2.36. The van der Waals surface area contributed by atoms with Gasteiger partial charge in [0.15, 0.2) is 5.75 Å². The minimum Gasteiger partial charge on any atom is -0.423 e. The molecule has 0 saturated carbocycles. The van der Waals surface area contributed by atoms with E-state index in [1.807, 2.05) is 19.1 Å². The molecule has 0 unspecified atom stereocenters. The number of nitrogens with zero attached hydrogens (tertiary/aromatic N) is 3. The van der Waals surface area contributed by atoms with Crippen molar-refractivity contribution in [2.45, 2.75) is 13.8 Å². The van der Waals surface area contributed by atoms with Crippen molar-refractivity contribution in [3.05, 3.63) is 23.8 Å². The highest BCUT2D eigenvalue weighted by Gasteiger charge is 2.29. The van der Waals surface area contributed by atoms with Crippen molar-refractivity contribution in [3.8, 4) is 5.75 Å². The van der Waals surface area contributed by atoms with Gasteiger partial charge in [-0.2, -0.15) is 0 Å². The van der Waals surface area contributed by atoms with Crippen LogP contribution < -0.4 is 9.64 Å². The summed E-state index contributed by atoms with van der Waals surface area (Å²) in [5, 5.41) is 0. The molecular formula is C17H21N3O4. The molecule has 1 saturated heterocycles. The first-order valence-corrected chi connectivity index (χ1v) is 8.03. The molecule has 7 heteroatoms. The summed E-state index contributed by atoms with van der Waals surface area (Å²) < 4.78 is 5.23. The maximum absolute atomic E-state index is 12.6. The van der Waals surface area contributed by atoms with Crippen LogP contribution in [0.1, 0.15) is 12.5 Å². The van der Waals surface area contributed by atoms with E-state index < -0.39 is 0 Å². The fraction of sp³-hybridized carbons (Fsp3) is 0.471. The van der Waals surface area contributed by atoms with Crippen molar-refractivity contribution in [2.75, 3.05) is 44.2 Å². The summed E-state index contributed by atoms with van der Waals surface area (Å²) in [6.45, 7) is 5.85. The molecule has 0 atom stereocenters. The molecule has 2 heterocycles. The number of esters is 1. The third-order valence-corrected chi connectivity index (χ3v) is 4.40. The summed E-state index contributed by atoms with van der Waals surface area (Å²) in [6, 6.07) is 5.55. The van der Waals surface area contributed by atoms with Gasteiger partial charge in [-0.15, -0.1) is 0 Å². The highest BCUT2D eigenvalue weighted by molar-refractivity contribution is 5.89. The zero-order valence-corrected chi connectivity index (χ0v) is 13.9. The topological polar surface area (TPSA) is 70.2 Å². The number of carbonyl (C=O) groups excluding carboxylic acids is 3. The Labute approximate surface area is 140 Å². The van der Waals surface area contributed by atoms with E-state index in [9.17, 15) is 14.4 Å². The zero-order chi connectivity index (χ0) is 17.3. The van der Waals surface area contributed by atoms with Gasteiger partial charge in [0.05, 0.1) is 12.2 Å². The maximum Gasteiger partial charge on any atom is 0.331 e. The maximum atomic E-state index is 12.6. The number of fused-ring (bicyclic) bond motifs is 1. The summed E-state index contributed by atoms with van der Waals surface area (Å²) in [5.41, 5.74) is 1.81. The fourth-order valence-electron chi connectivity index (χ4n) is 3.03. The second kappa shape index (κ2) is 6.51. The van der Waals surface area contributed by atoms with Crippen LogP contribution in [0.25, 0.3) is 0 Å². The van der Waals surface area contributed by atoms with Gasteiger partial charge < -0.3 is 19.4 Å². The Hall–Kier alpha value is -2.57. The van der Waals surface area contributed by atoms with E-state index in [1.165, 1.54) is 6.92 Å². The lowest BCUT2D eigenvalue weighted by atomic mass is 10.1. The largest absolute Gasteiger partial charge is 0.423 e. The van der Waals surface area contributed by atoms with Gasteiger partial charge in [-0.05, 0) is 24.6 Å². The molecule has 0 N–H and O–H groups in total. The predicted molar refractivity (Wildman–Crippen MR) is 87.9 cm³/mol. The van der Waals surface area contributed by atoms with E-state index in [-0.39, 0.29) is 30.9 Å². The van der Waals surface area contributed by atoms with Crippen LogP contribution >= 0.6 is 0 Å². The first kappa shape index (κ1) is 16.3. The van der Waals surface area contributed by atoms with Gasteiger partial charge in [0, 0.05) is 33.1 Å². The smallest absolute Gasteiger partial charge is 0.331 e. The summed E-state index contributed by atoms with van der Waals surface area (Å²) >= 11 is 0. The minimum absolute atomic E-state index is 0.0327. The molecule has 24 heavy (non-hydrogen) atoms. The van der Waals surface area contributed by atoms with Crippen molar-refractivity contribution in [1.29, 1.82) is 0 Å². The number of anilines is 1. The first-order valence-electron chi connectivity index (χ1n) is 8.03. The normalized spacial score (nSPS) is 17.4. The van der Waals surface area contributed by atoms with Crippen LogP contribution in [-0.2, 0) is 14.4 Å². The number of ether oxygens (including phenoxy) is 1. The summed E-state index contributed by atoms with van der Waals surface area (Å²) in [5.74, 6) is 0.122. The number of carbonyl (C=O) groups is 3. The summed E-state index contributed by atoms with van der Waals surface area (Å²) in [4.78, 5) is 40.9. The molecule has 1 aromatic rings. The highest BCUT2D eigenvalue weighted by atomic mass is 16.5. The Balaban J connectivity index is 1.68. The number of amides is 2. The molecule has 0 spiro atoms. The van der Waals surface area contributed by atoms with Crippen molar-refractivity contribution in [1.82, 2.24) is 9.80 Å². The molecule has 3 rings (SSSR count). The third kappa shape index (κ3) is 3.34. The summed E-state index contributed by atoms with van der Waals surface area (Å²) in [7, 11) is 0. The number of hydrogen-bond acceptors (Lipinski definition) is 5. The fourth-order valence-corrected chi connectivity index (χ4v) is 3.03. The van der Waals surface area contributed by atoms with Gasteiger partial charge in [-0.1, -0.05) is 6.07 Å². The highest BCUT2D eigenvalue weighted by Crippen LogP contribution is 2.32. The molecule has 1 fully saturated rings. The first-order chi connectivity index (χ1) is 11.4. The van der Waals surface area contributed by atoms with Crippen molar-refractivity contribution in [3.63, 3.8) is 0 Å². The van der Waals surface area contributed by atoms with Crippen molar-refractivity contribution < 1.29 is 19.1 Å². The van der Waals surface area contributed by atoms with E-state index in [0.29, 0.717) is 31.9 Å². The third-order valence-electron chi connectivity index (χ3n) is 4.40. The van der Waals surface area contributed by atoms with Gasteiger partial charge in [0.2, 0.25) is 11.8 Å². The van der Waals surface area contributed by atoms with E-state index in [4.69, 9.17) is 4.74 Å². The molecule has 0 aliphatic carbocycles. The number of hydrogen-bond donors (Lipinski definition) is 0. The molecular weight excluding hydrogens is 310 g/mol. The van der Waals surface area contributed by atoms with Gasteiger partial charge in [-0.25, -0.2) is 4.79 Å². The van der Waals surface area contributed by atoms with Crippen LogP contribution in [0.4, 0.5) is 5.69 Å². The number of rotatable bonds is 2. The van der Waals surface area contributed by atoms with E-state index in [2.05, 4.69) is 0 Å². The second-order valence-corrected chi connectivity index (χ2v) is 6.19. The molecule has 0 aromatic heterocycles. The monoisotopic (exact) mass is 331 g/mol. The summed E-state index contributed by atoms with van der Waals surface area (Å²) in [6.07, 6.45) is 0. The number of aryl methyl sites for hydroxylation is 1. The molecule has 128 valence electrons. The molecule has 2 aliphatic heterocycles. The molecule has 2 amide bonds. The molecule has 2 aliphatic rings. The van der Waals surface area contributed by atoms with E-state index in [0.717, 1.165) is 11.3 Å². The van der Waals surface area contributed by atoms with Crippen molar-refractivity contribution >= 4 is 23.5 Å². The Kier molecular flexibility index (Phi) is 4.42. The predicted octanol–water partition coefficient (Wildman–Crippen LogP) is 0.411. The van der Waals surface area contributed by atoms with Gasteiger partial charge in [-0.3, -0.25) is 9.59 Å². The van der Waals surface area contributed by atoms with Crippen LogP contribution in [0.15, 0.2) is 18.2 Å². The lowest BCUT2D eigenvalue weighted by Crippen LogP contribution is -2.53. The average Bonchev–Trinajstić information content (AvgIpc) is 2.55. The SMILES string of the molecule is CC(=O)N1CCN(C(=O)CN2CC(=O)Oc3ccc(C)cc32)CC1. The average molecular weight is 331 g/mol. The zero-order valence-electron chi connectivity index (χ0n) is 13.9. The second-order valence-electron chi connectivity index (χ2n) is 6.19. The minimum atomic E-state index is -0.361. The van der Waals surface area contributed by atoms with Crippen LogP contribution in [0.2, 0.25) is 0 Å². The van der Waals surface area contributed by atoms with Crippen LogP contribution in [0.5, 0.6) is 5.75 Å². The van der Waals surface area contributed by atoms with Gasteiger partial charge in [0.25, 0.3) is 0 Å². The lowest BCUT2D eigenvalue weighted by molar-refractivity contribution is -0.138. The van der Waals surface area contributed by atoms with Crippen LogP contribution in [0, 0.1) is 6.92 Å². The molecule has 0 radical (unpaired) electrons.